The zero-order valence-corrected chi connectivity index (χ0v) is 12.0. The number of benzene rings is 1. The average molecular weight is 275 g/mol. The highest BCUT2D eigenvalue weighted by Gasteiger charge is 2.37. The molecular formula is C15H17NO4. The van der Waals surface area contributed by atoms with Crippen LogP contribution in [-0.2, 0) is 4.74 Å². The van der Waals surface area contributed by atoms with Crippen molar-refractivity contribution in [2.45, 2.75) is 39.8 Å². The number of nitrogens with zero attached hydrogens (tertiary/aromatic N) is 1. The van der Waals surface area contributed by atoms with E-state index in [1.807, 2.05) is 0 Å². The third-order valence-corrected chi connectivity index (χ3v) is 3.01. The van der Waals surface area contributed by atoms with Crippen molar-refractivity contribution < 1.29 is 19.1 Å². The molecular weight excluding hydrogens is 258 g/mol. The third-order valence-electron chi connectivity index (χ3n) is 3.01. The van der Waals surface area contributed by atoms with Crippen LogP contribution in [0.4, 0.5) is 0 Å². The zero-order chi connectivity index (χ0) is 15.0. The van der Waals surface area contributed by atoms with E-state index in [-0.39, 0.29) is 35.1 Å². The molecule has 106 valence electrons. The van der Waals surface area contributed by atoms with Gasteiger partial charge in [0.25, 0.3) is 11.8 Å². The van der Waals surface area contributed by atoms with E-state index in [2.05, 4.69) is 0 Å². The van der Waals surface area contributed by atoms with Gasteiger partial charge in [-0.1, -0.05) is 0 Å². The van der Waals surface area contributed by atoms with Crippen LogP contribution in [0.15, 0.2) is 18.2 Å². The van der Waals surface area contributed by atoms with Crippen LogP contribution in [0, 0.1) is 0 Å². The number of ether oxygens (including phenoxy) is 1. The second-order valence-electron chi connectivity index (χ2n) is 5.29. The Hall–Kier alpha value is -2.17. The van der Waals surface area contributed by atoms with Crippen LogP contribution in [0.1, 0.15) is 58.8 Å². The fraction of sp³-hybridized carbons (Fsp3) is 0.400. The number of hydrogen-bond acceptors (Lipinski definition) is 4. The lowest BCUT2D eigenvalue weighted by Crippen LogP contribution is -2.35. The molecule has 5 heteroatoms. The first-order valence-electron chi connectivity index (χ1n) is 6.56. The molecule has 1 heterocycles. The quantitative estimate of drug-likeness (QED) is 0.627. The summed E-state index contributed by atoms with van der Waals surface area (Å²) in [5.74, 6) is -1.17. The largest absolute Gasteiger partial charge is 0.459 e. The molecule has 0 bridgehead atoms. The first-order valence-corrected chi connectivity index (χ1v) is 6.56. The Morgan fingerprint density at radius 1 is 1.05 bits per heavy atom. The van der Waals surface area contributed by atoms with Gasteiger partial charge in [-0.15, -0.1) is 0 Å². The van der Waals surface area contributed by atoms with Crippen molar-refractivity contribution in [3.8, 4) is 0 Å². The lowest BCUT2D eigenvalue weighted by Gasteiger charge is -2.17. The van der Waals surface area contributed by atoms with Crippen molar-refractivity contribution in [3.63, 3.8) is 0 Å². The molecule has 2 amide bonds. The molecule has 0 saturated heterocycles. The van der Waals surface area contributed by atoms with E-state index in [0.29, 0.717) is 5.56 Å². The van der Waals surface area contributed by atoms with Gasteiger partial charge in [0.2, 0.25) is 0 Å². The van der Waals surface area contributed by atoms with Crippen LogP contribution >= 0.6 is 0 Å². The van der Waals surface area contributed by atoms with Crippen LogP contribution < -0.4 is 0 Å². The van der Waals surface area contributed by atoms with Crippen molar-refractivity contribution in [2.24, 2.45) is 0 Å². The Kier molecular flexibility index (Phi) is 3.61. The minimum absolute atomic E-state index is 0.214. The predicted molar refractivity (Wildman–Crippen MR) is 72.6 cm³/mol. The van der Waals surface area contributed by atoms with Crippen molar-refractivity contribution >= 4 is 17.8 Å². The maximum atomic E-state index is 12.2. The predicted octanol–water partition coefficient (Wildman–Crippen LogP) is 2.26. The number of hydrogen-bond donors (Lipinski definition) is 0. The van der Waals surface area contributed by atoms with Crippen LogP contribution in [0.25, 0.3) is 0 Å². The first-order chi connectivity index (χ1) is 9.32. The van der Waals surface area contributed by atoms with Gasteiger partial charge in [0, 0.05) is 6.04 Å². The van der Waals surface area contributed by atoms with Gasteiger partial charge in [-0.2, -0.15) is 0 Å². The number of esters is 1. The standard InChI is InChI=1S/C15H17NO4/c1-8(2)16-13(17)11-6-5-10(7-12(11)14(16)18)15(19)20-9(3)4/h5-9H,1-4H3. The minimum atomic E-state index is -0.494. The summed E-state index contributed by atoms with van der Waals surface area (Å²) in [6.07, 6.45) is -0.236. The summed E-state index contributed by atoms with van der Waals surface area (Å²) < 4.78 is 5.08. The smallest absolute Gasteiger partial charge is 0.338 e. The highest BCUT2D eigenvalue weighted by molar-refractivity contribution is 6.22. The summed E-state index contributed by atoms with van der Waals surface area (Å²) >= 11 is 0. The normalized spacial score (nSPS) is 14.2. The third kappa shape index (κ3) is 2.31. The van der Waals surface area contributed by atoms with Gasteiger partial charge in [-0.05, 0) is 45.9 Å². The lowest BCUT2D eigenvalue weighted by molar-refractivity contribution is 0.0377. The molecule has 0 fully saturated rings. The van der Waals surface area contributed by atoms with Crippen LogP contribution in [0.5, 0.6) is 0 Å². The summed E-state index contributed by atoms with van der Waals surface area (Å²) in [7, 11) is 0. The number of fused-ring (bicyclic) bond motifs is 1. The number of imide groups is 1. The molecule has 20 heavy (non-hydrogen) atoms. The molecule has 0 aromatic heterocycles. The molecule has 0 saturated carbocycles. The molecule has 1 aromatic rings. The summed E-state index contributed by atoms with van der Waals surface area (Å²) in [5.41, 5.74) is 0.885. The Bertz CT molecular complexity index is 590. The van der Waals surface area contributed by atoms with Crippen molar-refractivity contribution in [2.75, 3.05) is 0 Å². The van der Waals surface area contributed by atoms with Gasteiger partial charge in [0.1, 0.15) is 0 Å². The van der Waals surface area contributed by atoms with E-state index in [9.17, 15) is 14.4 Å². The van der Waals surface area contributed by atoms with Crippen molar-refractivity contribution in [1.29, 1.82) is 0 Å². The van der Waals surface area contributed by atoms with Gasteiger partial charge >= 0.3 is 5.97 Å². The second-order valence-corrected chi connectivity index (χ2v) is 5.29. The first kappa shape index (κ1) is 14.2. The average Bonchev–Trinajstić information content (AvgIpc) is 2.60. The minimum Gasteiger partial charge on any atom is -0.459 e. The number of amides is 2. The summed E-state index contributed by atoms with van der Waals surface area (Å²) in [6, 6.07) is 4.24. The molecule has 0 radical (unpaired) electrons. The Balaban J connectivity index is 2.38. The lowest BCUT2D eigenvalue weighted by atomic mass is 10.1. The summed E-state index contributed by atoms with van der Waals surface area (Å²) in [5, 5.41) is 0. The second kappa shape index (κ2) is 5.07. The fourth-order valence-corrected chi connectivity index (χ4v) is 2.14. The van der Waals surface area contributed by atoms with Crippen LogP contribution in [0.3, 0.4) is 0 Å². The van der Waals surface area contributed by atoms with E-state index in [0.717, 1.165) is 0 Å². The fourth-order valence-electron chi connectivity index (χ4n) is 2.14. The number of carbonyl (C=O) groups excluding carboxylic acids is 3. The van der Waals surface area contributed by atoms with Gasteiger partial charge in [-0.25, -0.2) is 4.79 Å². The molecule has 2 rings (SSSR count). The van der Waals surface area contributed by atoms with E-state index < -0.39 is 5.97 Å². The number of rotatable bonds is 3. The Morgan fingerprint density at radius 2 is 1.65 bits per heavy atom. The van der Waals surface area contributed by atoms with Gasteiger partial charge in [0.05, 0.1) is 22.8 Å². The zero-order valence-electron chi connectivity index (χ0n) is 12.0. The molecule has 0 N–H and O–H groups in total. The van der Waals surface area contributed by atoms with E-state index in [1.165, 1.54) is 23.1 Å². The van der Waals surface area contributed by atoms with Crippen molar-refractivity contribution in [3.05, 3.63) is 34.9 Å². The monoisotopic (exact) mass is 275 g/mol. The van der Waals surface area contributed by atoms with Gasteiger partial charge < -0.3 is 4.74 Å². The van der Waals surface area contributed by atoms with E-state index >= 15 is 0 Å². The van der Waals surface area contributed by atoms with E-state index in [1.54, 1.807) is 27.7 Å². The molecule has 0 spiro atoms. The number of carbonyl (C=O) groups is 3. The molecule has 0 aliphatic carbocycles. The SMILES string of the molecule is CC(C)OC(=O)c1ccc2c(c1)C(=O)N(C(C)C)C2=O. The van der Waals surface area contributed by atoms with E-state index in [4.69, 9.17) is 4.74 Å². The molecule has 5 nitrogen and oxygen atoms in total. The van der Waals surface area contributed by atoms with Crippen molar-refractivity contribution in [1.82, 2.24) is 4.90 Å². The van der Waals surface area contributed by atoms with Crippen LogP contribution in [0.2, 0.25) is 0 Å². The highest BCUT2D eigenvalue weighted by atomic mass is 16.5. The molecule has 1 aliphatic heterocycles. The Labute approximate surface area is 117 Å². The topological polar surface area (TPSA) is 63.7 Å². The Morgan fingerprint density at radius 3 is 2.20 bits per heavy atom. The van der Waals surface area contributed by atoms with Gasteiger partial charge in [0.15, 0.2) is 0 Å². The summed E-state index contributed by atoms with van der Waals surface area (Å²) in [6.45, 7) is 7.05. The summed E-state index contributed by atoms with van der Waals surface area (Å²) in [4.78, 5) is 37.3. The molecule has 0 unspecified atom stereocenters. The maximum Gasteiger partial charge on any atom is 0.338 e. The van der Waals surface area contributed by atoms with Crippen LogP contribution in [-0.4, -0.2) is 34.8 Å². The maximum absolute atomic E-state index is 12.2. The molecule has 0 atom stereocenters. The van der Waals surface area contributed by atoms with Gasteiger partial charge in [-0.3, -0.25) is 14.5 Å². The molecule has 1 aromatic carbocycles. The molecule has 1 aliphatic rings. The highest BCUT2D eigenvalue weighted by Crippen LogP contribution is 2.26.